The van der Waals surface area contributed by atoms with E-state index in [9.17, 15) is 9.59 Å². The number of ether oxygens (including phenoxy) is 1. The lowest BCUT2D eigenvalue weighted by Gasteiger charge is -2.40. The second-order valence-electron chi connectivity index (χ2n) is 6.01. The van der Waals surface area contributed by atoms with Gasteiger partial charge in [0.05, 0.1) is 6.54 Å². The summed E-state index contributed by atoms with van der Waals surface area (Å²) in [6.45, 7) is 3.55. The lowest BCUT2D eigenvalue weighted by molar-refractivity contribution is -0.135. The van der Waals surface area contributed by atoms with E-state index in [1.807, 2.05) is 4.90 Å². The van der Waals surface area contributed by atoms with Crippen molar-refractivity contribution in [2.24, 2.45) is 0 Å². The van der Waals surface area contributed by atoms with E-state index in [4.69, 9.17) is 9.15 Å². The van der Waals surface area contributed by atoms with Gasteiger partial charge in [-0.3, -0.25) is 9.59 Å². The van der Waals surface area contributed by atoms with E-state index < -0.39 is 0 Å². The summed E-state index contributed by atoms with van der Waals surface area (Å²) in [4.78, 5) is 28.3. The molecule has 3 rings (SSSR count). The number of nitrogens with one attached hydrogen (secondary N) is 1. The van der Waals surface area contributed by atoms with Crippen molar-refractivity contribution in [3.05, 3.63) is 23.7 Å². The molecule has 1 atom stereocenters. The van der Waals surface area contributed by atoms with Crippen LogP contribution in [0.2, 0.25) is 0 Å². The molecule has 3 heterocycles. The molecule has 0 saturated carbocycles. The Bertz CT molecular complexity index is 571. The molecule has 0 aromatic carbocycles. The number of piperidine rings is 1. The number of carbonyl (C=O) groups excluding carboxylic acids is 2. The Morgan fingerprint density at radius 1 is 1.43 bits per heavy atom. The van der Waals surface area contributed by atoms with Gasteiger partial charge in [-0.1, -0.05) is 0 Å². The summed E-state index contributed by atoms with van der Waals surface area (Å²) < 4.78 is 10.5. The number of piperazine rings is 1. The van der Waals surface area contributed by atoms with Gasteiger partial charge in [0.25, 0.3) is 5.91 Å². The Morgan fingerprint density at radius 2 is 2.30 bits per heavy atom. The van der Waals surface area contributed by atoms with Crippen LogP contribution in [-0.4, -0.2) is 67.5 Å². The molecule has 2 aliphatic rings. The van der Waals surface area contributed by atoms with Crippen LogP contribution in [0.3, 0.4) is 0 Å². The molecule has 23 heavy (non-hydrogen) atoms. The highest BCUT2D eigenvalue weighted by atomic mass is 16.5. The molecule has 1 aromatic heterocycles. The maximum Gasteiger partial charge on any atom is 0.289 e. The van der Waals surface area contributed by atoms with E-state index in [2.05, 4.69) is 5.32 Å². The lowest BCUT2D eigenvalue weighted by Crippen LogP contribution is -2.57. The zero-order chi connectivity index (χ0) is 16.2. The monoisotopic (exact) mass is 321 g/mol. The maximum atomic E-state index is 12.6. The largest absolute Gasteiger partial charge is 0.453 e. The van der Waals surface area contributed by atoms with E-state index in [0.29, 0.717) is 44.3 Å². The molecule has 1 N–H and O–H groups in total. The minimum Gasteiger partial charge on any atom is -0.453 e. The van der Waals surface area contributed by atoms with Crippen molar-refractivity contribution >= 4 is 11.8 Å². The van der Waals surface area contributed by atoms with Crippen LogP contribution in [0.1, 0.15) is 29.2 Å². The fourth-order valence-electron chi connectivity index (χ4n) is 3.27. The molecule has 0 aliphatic carbocycles. The number of hydrogen-bond acceptors (Lipinski definition) is 5. The van der Waals surface area contributed by atoms with Crippen molar-refractivity contribution in [1.29, 1.82) is 0 Å². The van der Waals surface area contributed by atoms with Crippen LogP contribution in [0, 0.1) is 0 Å². The van der Waals surface area contributed by atoms with Crippen molar-refractivity contribution in [2.45, 2.75) is 25.5 Å². The Labute approximate surface area is 135 Å². The number of methoxy groups -OCH3 is 1. The number of rotatable bonds is 4. The molecule has 0 radical (unpaired) electrons. The Morgan fingerprint density at radius 3 is 3.09 bits per heavy atom. The van der Waals surface area contributed by atoms with Crippen LogP contribution in [0.5, 0.6) is 0 Å². The molecule has 0 bridgehead atoms. The van der Waals surface area contributed by atoms with Crippen molar-refractivity contribution in [3.63, 3.8) is 0 Å². The fraction of sp³-hybridized carbons (Fsp3) is 0.625. The van der Waals surface area contributed by atoms with Crippen LogP contribution in [0.15, 0.2) is 16.5 Å². The lowest BCUT2D eigenvalue weighted by atomic mass is 10.0. The minimum absolute atomic E-state index is 0.107. The summed E-state index contributed by atoms with van der Waals surface area (Å²) in [5.74, 6) is 0.988. The molecule has 7 nitrogen and oxygen atoms in total. The third-order valence-corrected chi connectivity index (χ3v) is 4.41. The molecular weight excluding hydrogens is 298 g/mol. The maximum absolute atomic E-state index is 12.6. The van der Waals surface area contributed by atoms with Crippen molar-refractivity contribution in [3.8, 4) is 0 Å². The first-order valence-corrected chi connectivity index (χ1v) is 8.06. The molecule has 2 saturated heterocycles. The SMILES string of the molecule is COCc1ccc(C(=O)N2CCCC(N3CCNCC3=O)C2)o1. The van der Waals surface area contributed by atoms with Crippen LogP contribution in [0.25, 0.3) is 0 Å². The molecule has 1 aromatic rings. The Balaban J connectivity index is 1.65. The second kappa shape index (κ2) is 7.14. The van der Waals surface area contributed by atoms with E-state index >= 15 is 0 Å². The highest BCUT2D eigenvalue weighted by Crippen LogP contribution is 2.20. The number of carbonyl (C=O) groups is 2. The molecular formula is C16H23N3O4. The molecule has 2 fully saturated rings. The predicted octanol–water partition coefficient (Wildman–Crippen LogP) is 0.462. The van der Waals surface area contributed by atoms with Crippen molar-refractivity contribution in [1.82, 2.24) is 15.1 Å². The Kier molecular flexibility index (Phi) is 4.97. The summed E-state index contributed by atoms with van der Waals surface area (Å²) in [5, 5.41) is 3.08. The zero-order valence-electron chi connectivity index (χ0n) is 13.4. The molecule has 7 heteroatoms. The minimum atomic E-state index is -0.111. The third kappa shape index (κ3) is 3.56. The first-order valence-electron chi connectivity index (χ1n) is 8.06. The molecule has 0 spiro atoms. The smallest absolute Gasteiger partial charge is 0.289 e. The quantitative estimate of drug-likeness (QED) is 0.872. The van der Waals surface area contributed by atoms with Gasteiger partial charge in [0.1, 0.15) is 12.4 Å². The van der Waals surface area contributed by atoms with Gasteiger partial charge in [-0.2, -0.15) is 0 Å². The Hall–Kier alpha value is -1.86. The predicted molar refractivity (Wildman–Crippen MR) is 82.9 cm³/mol. The van der Waals surface area contributed by atoms with Gasteiger partial charge in [-0.25, -0.2) is 0 Å². The summed E-state index contributed by atoms with van der Waals surface area (Å²) in [6.07, 6.45) is 1.85. The zero-order valence-corrected chi connectivity index (χ0v) is 13.4. The van der Waals surface area contributed by atoms with Crippen LogP contribution in [0.4, 0.5) is 0 Å². The standard InChI is InChI=1S/C16H23N3O4/c1-22-11-13-4-5-14(23-13)16(21)18-7-2-3-12(10-18)19-8-6-17-9-15(19)20/h4-5,12,17H,2-3,6-11H2,1H3. The van der Waals surface area contributed by atoms with Gasteiger partial charge in [0.2, 0.25) is 5.91 Å². The van der Waals surface area contributed by atoms with Crippen molar-refractivity contribution < 1.29 is 18.7 Å². The van der Waals surface area contributed by atoms with E-state index in [-0.39, 0.29) is 17.9 Å². The van der Waals surface area contributed by atoms with Gasteiger partial charge in [0, 0.05) is 39.3 Å². The molecule has 1 unspecified atom stereocenters. The summed E-state index contributed by atoms with van der Waals surface area (Å²) in [6, 6.07) is 3.56. The number of likely N-dealkylation sites (tertiary alicyclic amines) is 1. The first-order chi connectivity index (χ1) is 11.2. The van der Waals surface area contributed by atoms with E-state index in [1.165, 1.54) is 0 Å². The normalized spacial score (nSPS) is 22.5. The van der Waals surface area contributed by atoms with Gasteiger partial charge in [0.15, 0.2) is 5.76 Å². The molecule has 2 aliphatic heterocycles. The number of furan rings is 1. The average molecular weight is 321 g/mol. The van der Waals surface area contributed by atoms with Gasteiger partial charge in [-0.05, 0) is 25.0 Å². The van der Waals surface area contributed by atoms with Gasteiger partial charge in [-0.15, -0.1) is 0 Å². The number of amides is 2. The summed E-state index contributed by atoms with van der Waals surface area (Å²) in [5.41, 5.74) is 0. The average Bonchev–Trinajstić information content (AvgIpc) is 3.04. The van der Waals surface area contributed by atoms with Crippen molar-refractivity contribution in [2.75, 3.05) is 39.8 Å². The summed E-state index contributed by atoms with van der Waals surface area (Å²) >= 11 is 0. The highest BCUT2D eigenvalue weighted by Gasteiger charge is 2.32. The van der Waals surface area contributed by atoms with Crippen LogP contribution >= 0.6 is 0 Å². The highest BCUT2D eigenvalue weighted by molar-refractivity contribution is 5.91. The summed E-state index contributed by atoms with van der Waals surface area (Å²) in [7, 11) is 1.59. The van der Waals surface area contributed by atoms with Gasteiger partial charge >= 0.3 is 0 Å². The second-order valence-corrected chi connectivity index (χ2v) is 6.01. The fourth-order valence-corrected chi connectivity index (χ4v) is 3.27. The topological polar surface area (TPSA) is 75.0 Å². The third-order valence-electron chi connectivity index (χ3n) is 4.41. The molecule has 2 amide bonds. The van der Waals surface area contributed by atoms with Crippen LogP contribution < -0.4 is 5.32 Å². The first kappa shape index (κ1) is 16.0. The molecule has 126 valence electrons. The van der Waals surface area contributed by atoms with Crippen LogP contribution in [-0.2, 0) is 16.1 Å². The van der Waals surface area contributed by atoms with E-state index in [0.717, 1.165) is 19.4 Å². The number of hydrogen-bond donors (Lipinski definition) is 1. The van der Waals surface area contributed by atoms with E-state index in [1.54, 1.807) is 24.1 Å². The number of nitrogens with zero attached hydrogens (tertiary/aromatic N) is 2. The van der Waals surface area contributed by atoms with Gasteiger partial charge < -0.3 is 24.3 Å².